The number of rotatable bonds is 5. The third-order valence-corrected chi connectivity index (χ3v) is 3.25. The highest BCUT2D eigenvalue weighted by atomic mass is 32.1. The van der Waals surface area contributed by atoms with Crippen molar-refractivity contribution in [2.24, 2.45) is 0 Å². The zero-order chi connectivity index (χ0) is 11.4. The van der Waals surface area contributed by atoms with Gasteiger partial charge in [-0.2, -0.15) is 0 Å². The van der Waals surface area contributed by atoms with Crippen molar-refractivity contribution in [3.05, 3.63) is 34.3 Å². The highest BCUT2D eigenvalue weighted by molar-refractivity contribution is 7.09. The third kappa shape index (κ3) is 2.90. The number of nitrogens with one attached hydrogen (secondary N) is 1. The molecule has 0 atom stereocenters. The zero-order valence-corrected chi connectivity index (χ0v) is 10.4. The molecule has 0 saturated carbocycles. The quantitative estimate of drug-likeness (QED) is 0.854. The summed E-state index contributed by atoms with van der Waals surface area (Å²) in [6.07, 6.45) is 4.94. The number of nitrogens with zero attached hydrogens (tertiary/aromatic N) is 3. The third-order valence-electron chi connectivity index (χ3n) is 2.30. The average molecular weight is 236 g/mol. The van der Waals surface area contributed by atoms with Crippen LogP contribution in [0.15, 0.2) is 17.9 Å². The summed E-state index contributed by atoms with van der Waals surface area (Å²) in [6, 6.07) is 0. The van der Waals surface area contributed by atoms with Gasteiger partial charge in [-0.3, -0.25) is 0 Å². The minimum atomic E-state index is 0.824. The second kappa shape index (κ2) is 5.23. The lowest BCUT2D eigenvalue weighted by atomic mass is 10.3. The summed E-state index contributed by atoms with van der Waals surface area (Å²) in [5, 5.41) is 6.33. The van der Waals surface area contributed by atoms with Crippen LogP contribution in [0.3, 0.4) is 0 Å². The lowest BCUT2D eigenvalue weighted by Crippen LogP contribution is -2.10. The topological polar surface area (TPSA) is 42.7 Å². The molecule has 0 amide bonds. The van der Waals surface area contributed by atoms with Gasteiger partial charge in [-0.05, 0) is 14.0 Å². The monoisotopic (exact) mass is 236 g/mol. The summed E-state index contributed by atoms with van der Waals surface area (Å²) in [6.45, 7) is 3.81. The lowest BCUT2D eigenvalue weighted by Gasteiger charge is -1.97. The van der Waals surface area contributed by atoms with Crippen LogP contribution in [0.4, 0.5) is 0 Å². The van der Waals surface area contributed by atoms with Crippen molar-refractivity contribution in [1.29, 1.82) is 0 Å². The van der Waals surface area contributed by atoms with E-state index in [-0.39, 0.29) is 0 Å². The first-order chi connectivity index (χ1) is 7.78. The van der Waals surface area contributed by atoms with E-state index in [1.54, 1.807) is 11.3 Å². The van der Waals surface area contributed by atoms with Gasteiger partial charge in [0.05, 0.1) is 18.6 Å². The summed E-state index contributed by atoms with van der Waals surface area (Å²) in [4.78, 5) is 8.79. The fourth-order valence-corrected chi connectivity index (χ4v) is 2.29. The van der Waals surface area contributed by atoms with E-state index in [1.165, 1.54) is 0 Å². The van der Waals surface area contributed by atoms with Crippen LogP contribution < -0.4 is 5.32 Å². The SMILES string of the molecule is CNCCc1cn(Cc2nc(C)cs2)cn1. The van der Waals surface area contributed by atoms with Crippen LogP contribution in [0.25, 0.3) is 0 Å². The van der Waals surface area contributed by atoms with Crippen molar-refractivity contribution in [2.75, 3.05) is 13.6 Å². The number of aryl methyl sites for hydroxylation is 1. The van der Waals surface area contributed by atoms with Gasteiger partial charge in [0.1, 0.15) is 5.01 Å². The molecule has 1 N–H and O–H groups in total. The molecule has 86 valence electrons. The molecule has 0 aromatic carbocycles. The normalized spacial score (nSPS) is 10.9. The average Bonchev–Trinajstić information content (AvgIpc) is 2.86. The van der Waals surface area contributed by atoms with Gasteiger partial charge in [0, 0.05) is 30.2 Å². The summed E-state index contributed by atoms with van der Waals surface area (Å²) in [5.74, 6) is 0. The number of hydrogen-bond acceptors (Lipinski definition) is 4. The Bertz CT molecular complexity index is 446. The minimum Gasteiger partial charge on any atom is -0.330 e. The van der Waals surface area contributed by atoms with Gasteiger partial charge in [-0.1, -0.05) is 0 Å². The maximum absolute atomic E-state index is 4.43. The van der Waals surface area contributed by atoms with Crippen LogP contribution in [-0.2, 0) is 13.0 Å². The molecule has 2 aromatic rings. The molecule has 0 saturated heterocycles. The molecule has 0 unspecified atom stereocenters. The Hall–Kier alpha value is -1.20. The molecule has 0 fully saturated rings. The number of hydrogen-bond donors (Lipinski definition) is 1. The molecule has 0 radical (unpaired) electrons. The maximum Gasteiger partial charge on any atom is 0.113 e. The Kier molecular flexibility index (Phi) is 3.69. The second-order valence-corrected chi connectivity index (χ2v) is 4.72. The van der Waals surface area contributed by atoms with E-state index >= 15 is 0 Å². The molecule has 16 heavy (non-hydrogen) atoms. The highest BCUT2D eigenvalue weighted by Gasteiger charge is 2.02. The highest BCUT2D eigenvalue weighted by Crippen LogP contribution is 2.10. The van der Waals surface area contributed by atoms with Crippen molar-refractivity contribution in [3.8, 4) is 0 Å². The standard InChI is InChI=1S/C11H16N4S/c1-9-7-16-11(14-9)6-15-5-10(13-8-15)3-4-12-2/h5,7-8,12H,3-4,6H2,1-2H3. The molecule has 2 heterocycles. The summed E-state index contributed by atoms with van der Waals surface area (Å²) in [5.41, 5.74) is 2.22. The summed E-state index contributed by atoms with van der Waals surface area (Å²) >= 11 is 1.70. The van der Waals surface area contributed by atoms with Crippen molar-refractivity contribution in [3.63, 3.8) is 0 Å². The Morgan fingerprint density at radius 2 is 2.38 bits per heavy atom. The van der Waals surface area contributed by atoms with Crippen LogP contribution in [-0.4, -0.2) is 28.1 Å². The van der Waals surface area contributed by atoms with Crippen molar-refractivity contribution in [2.45, 2.75) is 19.9 Å². The molecule has 0 aliphatic rings. The summed E-state index contributed by atoms with van der Waals surface area (Å²) < 4.78 is 2.09. The van der Waals surface area contributed by atoms with Gasteiger partial charge >= 0.3 is 0 Å². The molecular formula is C11H16N4S. The number of imidazole rings is 1. The largest absolute Gasteiger partial charge is 0.330 e. The van der Waals surface area contributed by atoms with Gasteiger partial charge in [-0.15, -0.1) is 11.3 Å². The van der Waals surface area contributed by atoms with Crippen molar-refractivity contribution >= 4 is 11.3 Å². The van der Waals surface area contributed by atoms with E-state index in [0.717, 1.165) is 35.9 Å². The van der Waals surface area contributed by atoms with Crippen LogP contribution >= 0.6 is 11.3 Å². The van der Waals surface area contributed by atoms with E-state index < -0.39 is 0 Å². The predicted octanol–water partition coefficient (Wildman–Crippen LogP) is 1.46. The zero-order valence-electron chi connectivity index (χ0n) is 9.60. The fraction of sp³-hybridized carbons (Fsp3) is 0.455. The summed E-state index contributed by atoms with van der Waals surface area (Å²) in [7, 11) is 1.95. The first-order valence-corrected chi connectivity index (χ1v) is 6.22. The van der Waals surface area contributed by atoms with Crippen LogP contribution in [0.2, 0.25) is 0 Å². The number of aromatic nitrogens is 3. The lowest BCUT2D eigenvalue weighted by molar-refractivity contribution is 0.771. The first-order valence-electron chi connectivity index (χ1n) is 5.34. The minimum absolute atomic E-state index is 0.824. The molecule has 5 heteroatoms. The molecule has 2 rings (SSSR count). The molecule has 0 aliphatic carbocycles. The van der Waals surface area contributed by atoms with E-state index in [9.17, 15) is 0 Å². The van der Waals surface area contributed by atoms with Gasteiger partial charge in [0.15, 0.2) is 0 Å². The second-order valence-electron chi connectivity index (χ2n) is 3.77. The van der Waals surface area contributed by atoms with E-state index in [1.807, 2.05) is 20.3 Å². The fourth-order valence-electron chi connectivity index (χ4n) is 1.51. The Labute approximate surface area is 99.4 Å². The van der Waals surface area contributed by atoms with E-state index in [2.05, 4.69) is 31.4 Å². The van der Waals surface area contributed by atoms with Crippen molar-refractivity contribution < 1.29 is 0 Å². The molecule has 0 bridgehead atoms. The van der Waals surface area contributed by atoms with Crippen LogP contribution in [0.1, 0.15) is 16.4 Å². The smallest absolute Gasteiger partial charge is 0.113 e. The number of likely N-dealkylation sites (N-methyl/N-ethyl adjacent to an activating group) is 1. The first kappa shape index (κ1) is 11.3. The van der Waals surface area contributed by atoms with E-state index in [0.29, 0.717) is 0 Å². The Morgan fingerprint density at radius 1 is 1.50 bits per heavy atom. The molecule has 0 aliphatic heterocycles. The van der Waals surface area contributed by atoms with Crippen LogP contribution in [0.5, 0.6) is 0 Å². The Balaban J connectivity index is 1.97. The van der Waals surface area contributed by atoms with Crippen molar-refractivity contribution in [1.82, 2.24) is 19.9 Å². The Morgan fingerprint density at radius 3 is 3.06 bits per heavy atom. The van der Waals surface area contributed by atoms with Gasteiger partial charge < -0.3 is 9.88 Å². The predicted molar refractivity (Wildman–Crippen MR) is 65.8 cm³/mol. The molecule has 2 aromatic heterocycles. The van der Waals surface area contributed by atoms with Gasteiger partial charge in [-0.25, -0.2) is 9.97 Å². The maximum atomic E-state index is 4.43. The number of thiazole rings is 1. The molecular weight excluding hydrogens is 220 g/mol. The molecule has 0 spiro atoms. The molecule has 4 nitrogen and oxygen atoms in total. The van der Waals surface area contributed by atoms with Gasteiger partial charge in [0.25, 0.3) is 0 Å². The van der Waals surface area contributed by atoms with Crippen LogP contribution in [0, 0.1) is 6.92 Å². The van der Waals surface area contributed by atoms with Gasteiger partial charge in [0.2, 0.25) is 0 Å². The van der Waals surface area contributed by atoms with E-state index in [4.69, 9.17) is 0 Å².